The zero-order valence-corrected chi connectivity index (χ0v) is 19.4. The number of amides is 2. The second-order valence-electron chi connectivity index (χ2n) is 7.71. The fourth-order valence-electron chi connectivity index (χ4n) is 3.27. The van der Waals surface area contributed by atoms with Gasteiger partial charge >= 0.3 is 6.18 Å². The maximum absolute atomic E-state index is 12.7. The molecule has 1 heterocycles. The van der Waals surface area contributed by atoms with E-state index in [4.69, 9.17) is 0 Å². The van der Waals surface area contributed by atoms with Crippen molar-refractivity contribution in [1.82, 2.24) is 14.1 Å². The van der Waals surface area contributed by atoms with Crippen molar-refractivity contribution in [2.45, 2.75) is 24.4 Å². The second kappa shape index (κ2) is 11.8. The Labute approximate surface area is 191 Å². The number of halogens is 3. The minimum atomic E-state index is -4.33. The third-order valence-electron chi connectivity index (χ3n) is 4.99. The first kappa shape index (κ1) is 27.0. The van der Waals surface area contributed by atoms with Gasteiger partial charge in [-0.2, -0.15) is 17.5 Å². The molecule has 1 aromatic rings. The number of sulfonamides is 1. The summed E-state index contributed by atoms with van der Waals surface area (Å²) in [5.41, 5.74) is 0.463. The molecule has 0 unspecified atom stereocenters. The lowest BCUT2D eigenvalue weighted by molar-refractivity contribution is -0.174. The predicted molar refractivity (Wildman–Crippen MR) is 115 cm³/mol. The second-order valence-corrected chi connectivity index (χ2v) is 9.76. The molecular formula is C20H29F3N4O5S. The Hall–Kier alpha value is -2.22. The van der Waals surface area contributed by atoms with Gasteiger partial charge in [-0.1, -0.05) is 0 Å². The highest BCUT2D eigenvalue weighted by Gasteiger charge is 2.28. The Morgan fingerprint density at radius 2 is 1.73 bits per heavy atom. The van der Waals surface area contributed by atoms with E-state index in [-0.39, 0.29) is 29.9 Å². The van der Waals surface area contributed by atoms with E-state index in [2.05, 4.69) is 10.1 Å². The van der Waals surface area contributed by atoms with Crippen molar-refractivity contribution >= 4 is 27.5 Å². The third kappa shape index (κ3) is 8.91. The number of alkyl halides is 3. The number of benzene rings is 1. The fourth-order valence-corrected chi connectivity index (χ4v) is 4.39. The van der Waals surface area contributed by atoms with Crippen LogP contribution < -0.4 is 5.32 Å². The average Bonchev–Trinajstić information content (AvgIpc) is 2.73. The number of ether oxygens (including phenoxy) is 1. The zero-order valence-electron chi connectivity index (χ0n) is 18.6. The molecule has 0 spiro atoms. The van der Waals surface area contributed by atoms with Crippen molar-refractivity contribution in [3.05, 3.63) is 24.3 Å². The maximum atomic E-state index is 12.7. The summed E-state index contributed by atoms with van der Waals surface area (Å²) < 4.78 is 67.2. The number of nitrogens with zero attached hydrogens (tertiary/aromatic N) is 3. The maximum Gasteiger partial charge on any atom is 0.411 e. The molecule has 1 aliphatic heterocycles. The van der Waals surface area contributed by atoms with Gasteiger partial charge in [-0.15, -0.1) is 0 Å². The average molecular weight is 495 g/mol. The van der Waals surface area contributed by atoms with Crippen LogP contribution >= 0.6 is 0 Å². The van der Waals surface area contributed by atoms with Gasteiger partial charge in [0.2, 0.25) is 21.8 Å². The molecule has 0 saturated carbocycles. The lowest BCUT2D eigenvalue weighted by Gasteiger charge is -2.35. The molecular weight excluding hydrogens is 465 g/mol. The van der Waals surface area contributed by atoms with Crippen molar-refractivity contribution in [3.63, 3.8) is 0 Å². The molecule has 13 heteroatoms. The van der Waals surface area contributed by atoms with E-state index in [0.29, 0.717) is 44.8 Å². The van der Waals surface area contributed by atoms with Crippen molar-refractivity contribution in [2.75, 3.05) is 64.8 Å². The quantitative estimate of drug-likeness (QED) is 0.494. The summed E-state index contributed by atoms with van der Waals surface area (Å²) in [5, 5.41) is 2.55. The molecule has 9 nitrogen and oxygen atoms in total. The summed E-state index contributed by atoms with van der Waals surface area (Å²) in [6.07, 6.45) is -3.88. The third-order valence-corrected chi connectivity index (χ3v) is 6.81. The summed E-state index contributed by atoms with van der Waals surface area (Å²) in [4.78, 5) is 27.3. The largest absolute Gasteiger partial charge is 0.411 e. The van der Waals surface area contributed by atoms with Gasteiger partial charge in [0.1, 0.15) is 6.61 Å². The number of hydrogen-bond donors (Lipinski definition) is 1. The van der Waals surface area contributed by atoms with Gasteiger partial charge in [-0.3, -0.25) is 14.5 Å². The van der Waals surface area contributed by atoms with Gasteiger partial charge in [0, 0.05) is 59.0 Å². The predicted octanol–water partition coefficient (Wildman–Crippen LogP) is 1.38. The number of likely N-dealkylation sites (N-methyl/N-ethyl adjacent to an activating group) is 1. The van der Waals surface area contributed by atoms with E-state index in [1.807, 2.05) is 4.90 Å². The van der Waals surface area contributed by atoms with E-state index in [1.54, 1.807) is 4.90 Å². The monoisotopic (exact) mass is 494 g/mol. The smallest absolute Gasteiger partial charge is 0.372 e. The molecule has 186 valence electrons. The summed E-state index contributed by atoms with van der Waals surface area (Å²) in [6, 6.07) is 5.66. The molecule has 1 fully saturated rings. The van der Waals surface area contributed by atoms with Crippen molar-refractivity contribution in [2.24, 2.45) is 0 Å². The molecule has 0 aromatic heterocycles. The normalized spacial score (nSPS) is 15.6. The number of rotatable bonds is 10. The highest BCUT2D eigenvalue weighted by molar-refractivity contribution is 7.89. The van der Waals surface area contributed by atoms with E-state index >= 15 is 0 Å². The van der Waals surface area contributed by atoms with Crippen LogP contribution in [0.3, 0.4) is 0 Å². The first-order valence-electron chi connectivity index (χ1n) is 10.4. The molecule has 1 aromatic carbocycles. The molecule has 2 amide bonds. The summed E-state index contributed by atoms with van der Waals surface area (Å²) >= 11 is 0. The molecule has 0 aliphatic carbocycles. The van der Waals surface area contributed by atoms with Gasteiger partial charge in [-0.05, 0) is 30.7 Å². The standard InChI is InChI=1S/C20H29F3N4O5S/c1-16(28)24-17-4-6-18(7-5-17)33(30,31)25(2)14-19(29)27-11-9-26(10-12-27)8-3-13-32-15-20(21,22)23/h4-7H,3,8-15H2,1-2H3,(H,24,28). The van der Waals surface area contributed by atoms with E-state index in [9.17, 15) is 31.2 Å². The Bertz CT molecular complexity index is 901. The lowest BCUT2D eigenvalue weighted by Crippen LogP contribution is -2.51. The van der Waals surface area contributed by atoms with Gasteiger partial charge < -0.3 is 15.0 Å². The highest BCUT2D eigenvalue weighted by Crippen LogP contribution is 2.18. The van der Waals surface area contributed by atoms with Crippen LogP contribution in [-0.2, 0) is 24.3 Å². The van der Waals surface area contributed by atoms with Crippen LogP contribution in [-0.4, -0.2) is 100 Å². The van der Waals surface area contributed by atoms with Gasteiger partial charge in [-0.25, -0.2) is 8.42 Å². The Balaban J connectivity index is 1.77. The topological polar surface area (TPSA) is 99.3 Å². The summed E-state index contributed by atoms with van der Waals surface area (Å²) in [7, 11) is -2.56. The van der Waals surface area contributed by atoms with Crippen molar-refractivity contribution in [1.29, 1.82) is 0 Å². The Kier molecular flexibility index (Phi) is 9.64. The van der Waals surface area contributed by atoms with Gasteiger partial charge in [0.25, 0.3) is 0 Å². The van der Waals surface area contributed by atoms with E-state index < -0.39 is 22.8 Å². The molecule has 0 bridgehead atoms. The first-order chi connectivity index (χ1) is 15.4. The summed E-state index contributed by atoms with van der Waals surface area (Å²) in [6.45, 7) is 2.24. The Morgan fingerprint density at radius 3 is 2.27 bits per heavy atom. The molecule has 0 atom stereocenters. The SMILES string of the molecule is CC(=O)Nc1ccc(S(=O)(=O)N(C)CC(=O)N2CCN(CCCOCC(F)(F)F)CC2)cc1. The van der Waals surface area contributed by atoms with Crippen LogP contribution in [0.1, 0.15) is 13.3 Å². The zero-order chi connectivity index (χ0) is 24.6. The molecule has 33 heavy (non-hydrogen) atoms. The van der Waals surface area contributed by atoms with Crippen LogP contribution in [0.4, 0.5) is 18.9 Å². The molecule has 1 N–H and O–H groups in total. The van der Waals surface area contributed by atoms with E-state index in [1.165, 1.54) is 38.2 Å². The van der Waals surface area contributed by atoms with Crippen LogP contribution in [0.15, 0.2) is 29.2 Å². The Morgan fingerprint density at radius 1 is 1.12 bits per heavy atom. The van der Waals surface area contributed by atoms with Crippen LogP contribution in [0.2, 0.25) is 0 Å². The number of hydrogen-bond acceptors (Lipinski definition) is 6. The first-order valence-corrected chi connectivity index (χ1v) is 11.8. The number of carbonyl (C=O) groups is 2. The van der Waals surface area contributed by atoms with Crippen molar-refractivity contribution in [3.8, 4) is 0 Å². The minimum Gasteiger partial charge on any atom is -0.372 e. The highest BCUT2D eigenvalue weighted by atomic mass is 32.2. The number of carbonyl (C=O) groups excluding carboxylic acids is 2. The molecule has 2 rings (SSSR count). The van der Waals surface area contributed by atoms with Crippen molar-refractivity contribution < 1.29 is 35.9 Å². The lowest BCUT2D eigenvalue weighted by atomic mass is 10.3. The molecule has 0 radical (unpaired) electrons. The molecule has 1 saturated heterocycles. The number of nitrogens with one attached hydrogen (secondary N) is 1. The minimum absolute atomic E-state index is 0.00413. The molecule has 1 aliphatic rings. The van der Waals surface area contributed by atoms with Crippen LogP contribution in [0.25, 0.3) is 0 Å². The summed E-state index contributed by atoms with van der Waals surface area (Å²) in [5.74, 6) is -0.604. The number of anilines is 1. The van der Waals surface area contributed by atoms with Gasteiger partial charge in [0.15, 0.2) is 0 Å². The fraction of sp³-hybridized carbons (Fsp3) is 0.600. The van der Waals surface area contributed by atoms with Gasteiger partial charge in [0.05, 0.1) is 11.4 Å². The number of piperazine rings is 1. The van der Waals surface area contributed by atoms with Crippen LogP contribution in [0, 0.1) is 0 Å². The van der Waals surface area contributed by atoms with Crippen LogP contribution in [0.5, 0.6) is 0 Å². The van der Waals surface area contributed by atoms with E-state index in [0.717, 1.165) is 4.31 Å².